The minimum Gasteiger partial charge on any atom is -0.452 e. The van der Waals surface area contributed by atoms with Gasteiger partial charge in [-0.15, -0.1) is 0 Å². The Bertz CT molecular complexity index is 1180. The van der Waals surface area contributed by atoms with E-state index in [-0.39, 0.29) is 29.2 Å². The van der Waals surface area contributed by atoms with Crippen LogP contribution in [0.2, 0.25) is 5.02 Å². The minimum atomic E-state index is -0.729. The molecule has 2 aromatic rings. The Balaban J connectivity index is 1.41. The van der Waals surface area contributed by atoms with Crippen molar-refractivity contribution in [2.24, 2.45) is 17.8 Å². The third-order valence-electron chi connectivity index (χ3n) is 6.48. The molecule has 0 spiro atoms. The van der Waals surface area contributed by atoms with Crippen LogP contribution in [0, 0.1) is 24.7 Å². The monoisotopic (exact) mass is 546 g/mol. The third kappa shape index (κ3) is 4.74. The summed E-state index contributed by atoms with van der Waals surface area (Å²) in [5, 5.41) is 3.14. The van der Waals surface area contributed by atoms with E-state index in [4.69, 9.17) is 16.3 Å². The summed E-state index contributed by atoms with van der Waals surface area (Å²) in [7, 11) is 0. The highest BCUT2D eigenvalue weighted by Crippen LogP contribution is 2.42. The maximum absolute atomic E-state index is 13.0. The lowest BCUT2D eigenvalue weighted by atomic mass is 9.76. The molecular formula is C25H24BrClN2O5. The lowest BCUT2D eigenvalue weighted by molar-refractivity contribution is -0.122. The second kappa shape index (κ2) is 9.88. The summed E-state index contributed by atoms with van der Waals surface area (Å²) in [6.07, 6.45) is 2.33. The molecule has 7 nitrogen and oxygen atoms in total. The first-order chi connectivity index (χ1) is 16.2. The number of anilines is 2. The number of nitrogens with zero attached hydrogens (tertiary/aromatic N) is 1. The highest BCUT2D eigenvalue weighted by atomic mass is 79.9. The van der Waals surface area contributed by atoms with E-state index >= 15 is 0 Å². The number of ether oxygens (including phenoxy) is 1. The zero-order valence-electron chi connectivity index (χ0n) is 18.8. The molecule has 9 heteroatoms. The summed E-state index contributed by atoms with van der Waals surface area (Å²) >= 11 is 9.49. The van der Waals surface area contributed by atoms with Crippen LogP contribution in [0.25, 0.3) is 0 Å². The van der Waals surface area contributed by atoms with Gasteiger partial charge in [0, 0.05) is 10.2 Å². The van der Waals surface area contributed by atoms with Gasteiger partial charge in [0.1, 0.15) is 0 Å². The van der Waals surface area contributed by atoms with Gasteiger partial charge in [-0.1, -0.05) is 24.6 Å². The molecule has 3 amide bonds. The van der Waals surface area contributed by atoms with Crippen LogP contribution in [0.4, 0.5) is 11.4 Å². The van der Waals surface area contributed by atoms with Gasteiger partial charge in [-0.05, 0) is 83.9 Å². The van der Waals surface area contributed by atoms with Crippen LogP contribution in [-0.4, -0.2) is 30.3 Å². The molecule has 1 N–H and O–H groups in total. The molecule has 1 heterocycles. The van der Waals surface area contributed by atoms with Gasteiger partial charge in [0.25, 0.3) is 5.91 Å². The van der Waals surface area contributed by atoms with Crippen LogP contribution in [0.3, 0.4) is 0 Å². The van der Waals surface area contributed by atoms with Crippen molar-refractivity contribution in [2.45, 2.75) is 33.1 Å². The Hall–Kier alpha value is -2.71. The molecule has 2 aromatic carbocycles. The number of nitrogens with one attached hydrogen (secondary N) is 1. The fourth-order valence-electron chi connectivity index (χ4n) is 4.60. The molecule has 1 saturated carbocycles. The Labute approximate surface area is 210 Å². The Kier molecular flexibility index (Phi) is 7.09. The van der Waals surface area contributed by atoms with E-state index in [1.54, 1.807) is 31.2 Å². The van der Waals surface area contributed by atoms with Crippen molar-refractivity contribution >= 4 is 62.6 Å². The van der Waals surface area contributed by atoms with Crippen molar-refractivity contribution < 1.29 is 23.9 Å². The number of carbonyl (C=O) groups excluding carboxylic acids is 4. The van der Waals surface area contributed by atoms with Gasteiger partial charge >= 0.3 is 5.97 Å². The van der Waals surface area contributed by atoms with Gasteiger partial charge in [0.2, 0.25) is 11.8 Å². The van der Waals surface area contributed by atoms with E-state index in [1.807, 2.05) is 0 Å². The molecule has 3 atom stereocenters. The molecule has 1 aliphatic heterocycles. The van der Waals surface area contributed by atoms with Crippen LogP contribution in [0.1, 0.15) is 42.1 Å². The van der Waals surface area contributed by atoms with Crippen molar-refractivity contribution in [1.29, 1.82) is 0 Å². The molecule has 4 rings (SSSR count). The number of esters is 1. The number of fused-ring (bicyclic) bond motifs is 1. The van der Waals surface area contributed by atoms with Crippen LogP contribution in [-0.2, 0) is 19.1 Å². The molecule has 0 aromatic heterocycles. The number of rotatable bonds is 5. The first-order valence-electron chi connectivity index (χ1n) is 11.1. The predicted octanol–water partition coefficient (Wildman–Crippen LogP) is 5.13. The number of halogens is 2. The van der Waals surface area contributed by atoms with Crippen LogP contribution in [0.5, 0.6) is 0 Å². The second-order valence-corrected chi connectivity index (χ2v) is 10.1. The van der Waals surface area contributed by atoms with Gasteiger partial charge in [0.05, 0.1) is 28.1 Å². The quantitative estimate of drug-likeness (QED) is 0.414. The molecule has 0 bridgehead atoms. The standard InChI is InChI=1S/C25H24BrClN2O5/c1-13-6-7-17-18(10-13)24(32)29(23(17)31)16-5-3-4-15(11-16)25(33)34-12-21(30)28-20-9-8-19(26)22(27)14(20)2/h3-5,8-9,11,13,17-18H,6-7,10,12H2,1-2H3,(H,28,30)/t13-,17-,18-/m1/s1. The lowest BCUT2D eigenvalue weighted by Crippen LogP contribution is -2.31. The van der Waals surface area contributed by atoms with Crippen LogP contribution < -0.4 is 10.2 Å². The van der Waals surface area contributed by atoms with Crippen molar-refractivity contribution in [3.05, 3.63) is 57.0 Å². The SMILES string of the molecule is Cc1c(NC(=O)COC(=O)c2cccc(N3C(=O)[C@@H]4CC[C@@H](C)C[C@H]4C3=O)c2)ccc(Br)c1Cl. The van der Waals surface area contributed by atoms with Crippen molar-refractivity contribution in [3.63, 3.8) is 0 Å². The number of carbonyl (C=O) groups is 4. The third-order valence-corrected chi connectivity index (χ3v) is 7.85. The second-order valence-electron chi connectivity index (χ2n) is 8.85. The van der Waals surface area contributed by atoms with Crippen molar-refractivity contribution in [3.8, 4) is 0 Å². The van der Waals surface area contributed by atoms with E-state index in [2.05, 4.69) is 28.2 Å². The first kappa shape index (κ1) is 24.4. The first-order valence-corrected chi connectivity index (χ1v) is 12.2. The largest absolute Gasteiger partial charge is 0.452 e. The smallest absolute Gasteiger partial charge is 0.338 e. The topological polar surface area (TPSA) is 92.8 Å². The zero-order valence-corrected chi connectivity index (χ0v) is 21.1. The molecule has 2 aliphatic rings. The number of hydrogen-bond acceptors (Lipinski definition) is 5. The van der Waals surface area contributed by atoms with Gasteiger partial charge in [-0.2, -0.15) is 0 Å². The number of hydrogen-bond donors (Lipinski definition) is 1. The fraction of sp³-hybridized carbons (Fsp3) is 0.360. The number of imide groups is 1. The van der Waals surface area contributed by atoms with E-state index < -0.39 is 18.5 Å². The summed E-state index contributed by atoms with van der Waals surface area (Å²) in [4.78, 5) is 51.9. The Morgan fingerprint density at radius 1 is 1.15 bits per heavy atom. The summed E-state index contributed by atoms with van der Waals surface area (Å²) in [5.41, 5.74) is 1.68. The summed E-state index contributed by atoms with van der Waals surface area (Å²) < 4.78 is 5.86. The average Bonchev–Trinajstić information content (AvgIpc) is 3.07. The average molecular weight is 548 g/mol. The van der Waals surface area contributed by atoms with E-state index in [9.17, 15) is 19.2 Å². The van der Waals surface area contributed by atoms with E-state index in [1.165, 1.54) is 17.0 Å². The normalized spacial score (nSPS) is 21.9. The van der Waals surface area contributed by atoms with E-state index in [0.29, 0.717) is 45.2 Å². The molecule has 1 aliphatic carbocycles. The molecule has 0 unspecified atom stereocenters. The minimum absolute atomic E-state index is 0.150. The lowest BCUT2D eigenvalue weighted by Gasteiger charge is -2.25. The number of benzene rings is 2. The molecule has 34 heavy (non-hydrogen) atoms. The molecule has 1 saturated heterocycles. The molecule has 2 fully saturated rings. The zero-order chi connectivity index (χ0) is 24.6. The summed E-state index contributed by atoms with van der Waals surface area (Å²) in [6.45, 7) is 3.35. The molecule has 0 radical (unpaired) electrons. The molecular weight excluding hydrogens is 524 g/mol. The van der Waals surface area contributed by atoms with Crippen LogP contribution in [0.15, 0.2) is 40.9 Å². The van der Waals surface area contributed by atoms with Crippen molar-refractivity contribution in [1.82, 2.24) is 0 Å². The Morgan fingerprint density at radius 3 is 2.65 bits per heavy atom. The summed E-state index contributed by atoms with van der Waals surface area (Å²) in [5.74, 6) is -1.86. The predicted molar refractivity (Wildman–Crippen MR) is 132 cm³/mol. The van der Waals surface area contributed by atoms with Crippen molar-refractivity contribution in [2.75, 3.05) is 16.8 Å². The maximum Gasteiger partial charge on any atom is 0.338 e. The highest BCUT2D eigenvalue weighted by Gasteiger charge is 2.50. The van der Waals surface area contributed by atoms with Gasteiger partial charge in [-0.25, -0.2) is 4.79 Å². The maximum atomic E-state index is 13.0. The summed E-state index contributed by atoms with van der Waals surface area (Å²) in [6, 6.07) is 9.58. The highest BCUT2D eigenvalue weighted by molar-refractivity contribution is 9.10. The van der Waals surface area contributed by atoms with Crippen LogP contribution >= 0.6 is 27.5 Å². The van der Waals surface area contributed by atoms with Gasteiger partial charge in [0.15, 0.2) is 6.61 Å². The van der Waals surface area contributed by atoms with Gasteiger partial charge < -0.3 is 10.1 Å². The fourth-order valence-corrected chi connectivity index (χ4v) is 5.20. The van der Waals surface area contributed by atoms with E-state index in [0.717, 1.165) is 6.42 Å². The Morgan fingerprint density at radius 2 is 1.88 bits per heavy atom. The van der Waals surface area contributed by atoms with Gasteiger partial charge in [-0.3, -0.25) is 19.3 Å². The molecule has 178 valence electrons. The number of amides is 3.